The first kappa shape index (κ1) is 14.5. The third-order valence-corrected chi connectivity index (χ3v) is 2.60. The highest BCUT2D eigenvalue weighted by Gasteiger charge is 2.23. The van der Waals surface area contributed by atoms with E-state index in [1.807, 2.05) is 38.1 Å². The summed E-state index contributed by atoms with van der Waals surface area (Å²) in [6.45, 7) is 7.86. The predicted molar refractivity (Wildman–Crippen MR) is 72.4 cm³/mol. The van der Waals surface area contributed by atoms with E-state index in [0.717, 1.165) is 11.3 Å². The summed E-state index contributed by atoms with van der Waals surface area (Å²) in [5.74, 6) is 0.639. The van der Waals surface area contributed by atoms with E-state index in [0.29, 0.717) is 6.61 Å². The van der Waals surface area contributed by atoms with Crippen molar-refractivity contribution in [3.05, 3.63) is 29.8 Å². The Hall–Kier alpha value is -1.55. The normalized spacial score (nSPS) is 12.9. The van der Waals surface area contributed by atoms with Gasteiger partial charge in [0.15, 0.2) is 0 Å². The van der Waals surface area contributed by atoms with Crippen LogP contribution in [0, 0.1) is 0 Å². The van der Waals surface area contributed by atoms with E-state index in [9.17, 15) is 4.79 Å². The molecule has 0 aliphatic heterocycles. The summed E-state index contributed by atoms with van der Waals surface area (Å²) < 4.78 is 5.43. The van der Waals surface area contributed by atoms with Gasteiger partial charge < -0.3 is 15.8 Å². The molecule has 1 unspecified atom stereocenters. The number of hydrogen-bond donors (Lipinski definition) is 2. The van der Waals surface area contributed by atoms with Gasteiger partial charge >= 0.3 is 0 Å². The minimum atomic E-state index is -0.869. The Bertz CT molecular complexity index is 411. The van der Waals surface area contributed by atoms with Crippen molar-refractivity contribution in [2.24, 2.45) is 5.73 Å². The molecule has 1 rings (SSSR count). The van der Waals surface area contributed by atoms with Gasteiger partial charge in [-0.3, -0.25) is 4.79 Å². The van der Waals surface area contributed by atoms with Crippen LogP contribution in [-0.2, 0) is 4.79 Å². The Kier molecular flexibility index (Phi) is 4.73. The first-order valence-corrected chi connectivity index (χ1v) is 6.17. The van der Waals surface area contributed by atoms with Gasteiger partial charge in [0.25, 0.3) is 0 Å². The molecule has 0 spiro atoms. The van der Waals surface area contributed by atoms with Crippen LogP contribution in [0.25, 0.3) is 0 Å². The largest absolute Gasteiger partial charge is 0.494 e. The third kappa shape index (κ3) is 4.04. The molecule has 0 saturated heterocycles. The van der Waals surface area contributed by atoms with Crippen LogP contribution < -0.4 is 15.8 Å². The van der Waals surface area contributed by atoms with Crippen LogP contribution in [0.4, 0.5) is 0 Å². The number of amides is 1. The molecule has 0 bridgehead atoms. The van der Waals surface area contributed by atoms with Crippen molar-refractivity contribution < 1.29 is 9.53 Å². The van der Waals surface area contributed by atoms with Crippen LogP contribution in [0.1, 0.15) is 39.3 Å². The molecule has 100 valence electrons. The Labute approximate surface area is 109 Å². The first-order chi connectivity index (χ1) is 8.34. The van der Waals surface area contributed by atoms with Crippen LogP contribution >= 0.6 is 0 Å². The van der Waals surface area contributed by atoms with E-state index in [-0.39, 0.29) is 11.9 Å². The minimum absolute atomic E-state index is 0.0965. The van der Waals surface area contributed by atoms with Gasteiger partial charge in [-0.1, -0.05) is 12.1 Å². The second-order valence-electron chi connectivity index (χ2n) is 4.92. The number of rotatable bonds is 5. The van der Waals surface area contributed by atoms with Crippen molar-refractivity contribution in [2.75, 3.05) is 6.61 Å². The number of nitrogens with two attached hydrogens (primary N) is 1. The Morgan fingerprint density at radius 2 is 2.17 bits per heavy atom. The zero-order valence-corrected chi connectivity index (χ0v) is 11.5. The summed E-state index contributed by atoms with van der Waals surface area (Å²) in [5.41, 5.74) is 5.88. The van der Waals surface area contributed by atoms with Crippen molar-refractivity contribution >= 4 is 5.91 Å². The quantitative estimate of drug-likeness (QED) is 0.840. The second kappa shape index (κ2) is 5.87. The lowest BCUT2D eigenvalue weighted by Gasteiger charge is -2.22. The van der Waals surface area contributed by atoms with E-state index >= 15 is 0 Å². The van der Waals surface area contributed by atoms with Gasteiger partial charge in [-0.15, -0.1) is 0 Å². The maximum Gasteiger partial charge on any atom is 0.239 e. The molecule has 1 aromatic carbocycles. The lowest BCUT2D eigenvalue weighted by atomic mass is 10.0. The summed E-state index contributed by atoms with van der Waals surface area (Å²) in [4.78, 5) is 11.8. The average Bonchev–Trinajstić information content (AvgIpc) is 2.28. The molecule has 3 N–H and O–H groups in total. The number of carbonyl (C=O) groups excluding carboxylic acids is 1. The molecule has 0 heterocycles. The fourth-order valence-corrected chi connectivity index (χ4v) is 1.51. The number of carbonyl (C=O) groups is 1. The summed E-state index contributed by atoms with van der Waals surface area (Å²) in [7, 11) is 0. The van der Waals surface area contributed by atoms with E-state index in [2.05, 4.69) is 5.32 Å². The maximum atomic E-state index is 11.8. The Morgan fingerprint density at radius 1 is 1.50 bits per heavy atom. The summed E-state index contributed by atoms with van der Waals surface area (Å²) in [5, 5.41) is 2.89. The van der Waals surface area contributed by atoms with Crippen molar-refractivity contribution in [3.8, 4) is 5.75 Å². The second-order valence-corrected chi connectivity index (χ2v) is 4.92. The zero-order valence-electron chi connectivity index (χ0n) is 11.5. The molecule has 0 fully saturated rings. The molecule has 4 nitrogen and oxygen atoms in total. The van der Waals surface area contributed by atoms with Gasteiger partial charge in [-0.25, -0.2) is 0 Å². The lowest BCUT2D eigenvalue weighted by Crippen LogP contribution is -2.49. The van der Waals surface area contributed by atoms with Gasteiger partial charge in [0.2, 0.25) is 5.91 Å². The van der Waals surface area contributed by atoms with Crippen LogP contribution in [-0.4, -0.2) is 18.1 Å². The van der Waals surface area contributed by atoms with Gasteiger partial charge in [0.1, 0.15) is 5.75 Å². The molecule has 1 aromatic rings. The standard InChI is InChI=1S/C14H22N2O2/c1-5-18-12-8-6-7-11(9-12)10(2)16-13(17)14(3,4)15/h6-10H,5,15H2,1-4H3,(H,16,17). The molecule has 4 heteroatoms. The molecule has 1 atom stereocenters. The molecule has 18 heavy (non-hydrogen) atoms. The summed E-state index contributed by atoms with van der Waals surface area (Å²) >= 11 is 0. The van der Waals surface area contributed by atoms with Crippen molar-refractivity contribution in [2.45, 2.75) is 39.3 Å². The number of nitrogens with one attached hydrogen (secondary N) is 1. The summed E-state index contributed by atoms with van der Waals surface area (Å²) in [6.07, 6.45) is 0. The van der Waals surface area contributed by atoms with E-state index in [4.69, 9.17) is 10.5 Å². The molecule has 0 saturated carbocycles. The van der Waals surface area contributed by atoms with Gasteiger partial charge in [-0.2, -0.15) is 0 Å². The summed E-state index contributed by atoms with van der Waals surface area (Å²) in [6, 6.07) is 7.60. The fraction of sp³-hybridized carbons (Fsp3) is 0.500. The predicted octanol–water partition coefficient (Wildman–Crippen LogP) is 2.00. The van der Waals surface area contributed by atoms with Gasteiger partial charge in [0.05, 0.1) is 18.2 Å². The highest BCUT2D eigenvalue weighted by molar-refractivity contribution is 5.85. The number of hydrogen-bond acceptors (Lipinski definition) is 3. The average molecular weight is 250 g/mol. The Balaban J connectivity index is 2.75. The lowest BCUT2D eigenvalue weighted by molar-refractivity contribution is -0.125. The van der Waals surface area contributed by atoms with Crippen LogP contribution in [0.3, 0.4) is 0 Å². The number of benzene rings is 1. The van der Waals surface area contributed by atoms with Crippen molar-refractivity contribution in [1.82, 2.24) is 5.32 Å². The monoisotopic (exact) mass is 250 g/mol. The molecule has 0 aliphatic rings. The molecule has 0 aromatic heterocycles. The molecular formula is C14H22N2O2. The highest BCUT2D eigenvalue weighted by atomic mass is 16.5. The van der Waals surface area contributed by atoms with Crippen LogP contribution in [0.2, 0.25) is 0 Å². The van der Waals surface area contributed by atoms with E-state index in [1.54, 1.807) is 13.8 Å². The third-order valence-electron chi connectivity index (χ3n) is 2.60. The molecule has 0 aliphatic carbocycles. The number of ether oxygens (including phenoxy) is 1. The van der Waals surface area contributed by atoms with Crippen LogP contribution in [0.15, 0.2) is 24.3 Å². The topological polar surface area (TPSA) is 64.3 Å². The SMILES string of the molecule is CCOc1cccc(C(C)NC(=O)C(C)(C)N)c1. The van der Waals surface area contributed by atoms with Crippen molar-refractivity contribution in [1.29, 1.82) is 0 Å². The fourth-order valence-electron chi connectivity index (χ4n) is 1.51. The molecule has 1 amide bonds. The first-order valence-electron chi connectivity index (χ1n) is 6.17. The molecule has 0 radical (unpaired) electrons. The zero-order chi connectivity index (χ0) is 13.8. The Morgan fingerprint density at radius 3 is 2.72 bits per heavy atom. The van der Waals surface area contributed by atoms with E-state index in [1.165, 1.54) is 0 Å². The van der Waals surface area contributed by atoms with Crippen molar-refractivity contribution in [3.63, 3.8) is 0 Å². The van der Waals surface area contributed by atoms with Gasteiger partial charge in [0, 0.05) is 0 Å². The minimum Gasteiger partial charge on any atom is -0.494 e. The highest BCUT2D eigenvalue weighted by Crippen LogP contribution is 2.19. The van der Waals surface area contributed by atoms with E-state index < -0.39 is 5.54 Å². The van der Waals surface area contributed by atoms with Crippen LogP contribution in [0.5, 0.6) is 5.75 Å². The smallest absolute Gasteiger partial charge is 0.239 e. The maximum absolute atomic E-state index is 11.8. The van der Waals surface area contributed by atoms with Gasteiger partial charge in [-0.05, 0) is 45.4 Å². The molecular weight excluding hydrogens is 228 g/mol.